The third-order valence-electron chi connectivity index (χ3n) is 1.09. The first-order valence-corrected chi connectivity index (χ1v) is 6.91. The van der Waals surface area contributed by atoms with Crippen molar-refractivity contribution in [2.24, 2.45) is 0 Å². The summed E-state index contributed by atoms with van der Waals surface area (Å²) in [7, 11) is 4.76. The standard InChI is InChI=1S/C7H3F4.ClH.Zn/c8-6-3-1-2-5(4-6)7(9,10)11;;/h1-2,4H;1H;/q-1;;+2/p-1. The average molecular weight is 264 g/mol. The normalized spacial score (nSPS) is 10.4. The van der Waals surface area contributed by atoms with Crippen LogP contribution < -0.4 is 0 Å². The van der Waals surface area contributed by atoms with E-state index < -0.39 is 17.6 Å². The fourth-order valence-electron chi connectivity index (χ4n) is 0.614. The molecule has 1 aromatic carbocycles. The van der Waals surface area contributed by atoms with Crippen molar-refractivity contribution in [3.8, 4) is 0 Å². The van der Waals surface area contributed by atoms with Crippen LogP contribution in [0.5, 0.6) is 0 Å². The Bertz CT molecular complexity index is 261. The Labute approximate surface area is 86.6 Å². The molecule has 0 aliphatic rings. The molecule has 0 bridgehead atoms. The number of rotatable bonds is 0. The molecular formula is C7H3ClF4Zn. The average Bonchev–Trinajstić information content (AvgIpc) is 2.06. The molecule has 0 aliphatic heterocycles. The number of hydrogen-bond donors (Lipinski definition) is 0. The van der Waals surface area contributed by atoms with Gasteiger partial charge in [-0.05, 0) is 0 Å². The van der Waals surface area contributed by atoms with Crippen LogP contribution in [0.4, 0.5) is 17.6 Å². The molecule has 0 nitrogen and oxygen atoms in total. The van der Waals surface area contributed by atoms with Crippen molar-refractivity contribution in [3.63, 3.8) is 0 Å². The van der Waals surface area contributed by atoms with Crippen LogP contribution in [0.1, 0.15) is 5.56 Å². The van der Waals surface area contributed by atoms with E-state index in [2.05, 4.69) is 0 Å². The fourth-order valence-corrected chi connectivity index (χ4v) is 0.614. The zero-order valence-corrected chi connectivity index (χ0v) is 10.1. The summed E-state index contributed by atoms with van der Waals surface area (Å²) in [5.41, 5.74) is -0.992. The molecule has 1 rings (SSSR count). The van der Waals surface area contributed by atoms with Gasteiger partial charge in [0.05, 0.1) is 0 Å². The molecular weight excluding hydrogens is 261 g/mol. The fraction of sp³-hybridized carbons (Fsp3) is 0.143. The summed E-state index contributed by atoms with van der Waals surface area (Å²) in [6, 6.07) is 4.05. The van der Waals surface area contributed by atoms with Gasteiger partial charge in [-0.3, -0.25) is 0 Å². The van der Waals surface area contributed by atoms with Crippen LogP contribution in [0, 0.1) is 11.9 Å². The summed E-state index contributed by atoms with van der Waals surface area (Å²) in [5.74, 6) is -1.00. The van der Waals surface area contributed by atoms with Crippen molar-refractivity contribution in [1.29, 1.82) is 0 Å². The number of benzene rings is 1. The van der Waals surface area contributed by atoms with E-state index in [4.69, 9.17) is 9.69 Å². The number of halogens is 5. The molecule has 0 N–H and O–H groups in total. The van der Waals surface area contributed by atoms with Crippen LogP contribution in [0.25, 0.3) is 0 Å². The number of hydrogen-bond acceptors (Lipinski definition) is 0. The molecule has 0 saturated heterocycles. The van der Waals surface area contributed by atoms with E-state index in [1.165, 1.54) is 0 Å². The van der Waals surface area contributed by atoms with Gasteiger partial charge in [0, 0.05) is 5.82 Å². The van der Waals surface area contributed by atoms with Crippen molar-refractivity contribution >= 4 is 9.69 Å². The summed E-state index contributed by atoms with van der Waals surface area (Å²) in [5, 5.41) is 0. The number of alkyl halides is 3. The van der Waals surface area contributed by atoms with Crippen LogP contribution in [0.3, 0.4) is 0 Å². The third-order valence-corrected chi connectivity index (χ3v) is 1.09. The zero-order valence-electron chi connectivity index (χ0n) is 6.33. The Morgan fingerprint density at radius 3 is 2.15 bits per heavy atom. The summed E-state index contributed by atoms with van der Waals surface area (Å²) < 4.78 is 47.5. The summed E-state index contributed by atoms with van der Waals surface area (Å²) in [6.07, 6.45) is -4.48. The molecule has 0 heterocycles. The van der Waals surface area contributed by atoms with E-state index in [0.29, 0.717) is 6.07 Å². The second-order valence-electron chi connectivity index (χ2n) is 1.92. The van der Waals surface area contributed by atoms with Crippen LogP contribution in [-0.2, 0) is 23.5 Å². The molecule has 0 amide bonds. The first-order chi connectivity index (χ1) is 6.00. The molecule has 6 heteroatoms. The van der Waals surface area contributed by atoms with Crippen LogP contribution in [0.15, 0.2) is 18.2 Å². The van der Waals surface area contributed by atoms with Crippen LogP contribution in [-0.4, -0.2) is 0 Å². The Hall–Kier alpha value is -0.147. The topological polar surface area (TPSA) is 0 Å². The van der Waals surface area contributed by atoms with E-state index in [1.807, 2.05) is 6.07 Å². The summed E-state index contributed by atoms with van der Waals surface area (Å²) in [6.45, 7) is 0. The van der Waals surface area contributed by atoms with Gasteiger partial charge < -0.3 is 0 Å². The predicted molar refractivity (Wildman–Crippen MR) is 36.1 cm³/mol. The van der Waals surface area contributed by atoms with Gasteiger partial charge in [0.1, 0.15) is 0 Å². The van der Waals surface area contributed by atoms with Gasteiger partial charge in [-0.15, -0.1) is 12.1 Å². The second kappa shape index (κ2) is 5.56. The van der Waals surface area contributed by atoms with Gasteiger partial charge in [0.25, 0.3) is 0 Å². The van der Waals surface area contributed by atoms with Gasteiger partial charge in [-0.25, -0.2) is 4.39 Å². The van der Waals surface area contributed by atoms with Crippen molar-refractivity contribution in [2.45, 2.75) is 6.18 Å². The summed E-state index contributed by atoms with van der Waals surface area (Å²) >= 11 is 0.847. The summed E-state index contributed by atoms with van der Waals surface area (Å²) in [4.78, 5) is 0. The maximum atomic E-state index is 12.1. The van der Waals surface area contributed by atoms with Gasteiger partial charge in [0.2, 0.25) is 0 Å². The zero-order chi connectivity index (χ0) is 10.5. The second-order valence-corrected chi connectivity index (χ2v) is 1.92. The molecule has 68 valence electrons. The molecule has 0 atom stereocenters. The van der Waals surface area contributed by atoms with Crippen LogP contribution >= 0.6 is 9.69 Å². The van der Waals surface area contributed by atoms with Gasteiger partial charge in [-0.2, -0.15) is 25.3 Å². The molecule has 0 unspecified atom stereocenters. The molecule has 0 saturated carbocycles. The maximum absolute atomic E-state index is 12.1. The Morgan fingerprint density at radius 2 is 1.85 bits per heavy atom. The van der Waals surface area contributed by atoms with E-state index in [0.717, 1.165) is 29.4 Å². The first kappa shape index (κ1) is 12.9. The minimum absolute atomic E-state index is 0.403. The quantitative estimate of drug-likeness (QED) is 0.383. The molecule has 13 heavy (non-hydrogen) atoms. The van der Waals surface area contributed by atoms with E-state index in [1.54, 1.807) is 0 Å². The van der Waals surface area contributed by atoms with Crippen molar-refractivity contribution < 1.29 is 34.9 Å². The molecule has 0 aliphatic carbocycles. The SMILES string of the molecule is Fc1[c-]ccc(C(F)(F)F)c1.[Cl][Zn+]. The van der Waals surface area contributed by atoms with Gasteiger partial charge in [-0.1, -0.05) is 5.56 Å². The Kier molecular flexibility index (Phi) is 5.49. The molecule has 0 fully saturated rings. The van der Waals surface area contributed by atoms with E-state index >= 15 is 0 Å². The first-order valence-electron chi connectivity index (χ1n) is 3.01. The molecule has 0 radical (unpaired) electrons. The Morgan fingerprint density at radius 1 is 1.31 bits per heavy atom. The monoisotopic (exact) mass is 262 g/mol. The molecule has 0 spiro atoms. The third kappa shape index (κ3) is 4.58. The minimum atomic E-state index is -4.48. The predicted octanol–water partition coefficient (Wildman–Crippen LogP) is 3.33. The Balaban J connectivity index is 0.000000671. The van der Waals surface area contributed by atoms with E-state index in [9.17, 15) is 17.6 Å². The van der Waals surface area contributed by atoms with Crippen molar-refractivity contribution in [2.75, 3.05) is 0 Å². The van der Waals surface area contributed by atoms with E-state index in [-0.39, 0.29) is 0 Å². The van der Waals surface area contributed by atoms with Gasteiger partial charge >= 0.3 is 33.2 Å². The van der Waals surface area contributed by atoms with Gasteiger partial charge in [0.15, 0.2) is 0 Å². The molecule has 0 aromatic heterocycles. The van der Waals surface area contributed by atoms with Crippen molar-refractivity contribution in [3.05, 3.63) is 35.6 Å². The van der Waals surface area contributed by atoms with Crippen molar-refractivity contribution in [1.82, 2.24) is 0 Å². The van der Waals surface area contributed by atoms with Crippen LogP contribution in [0.2, 0.25) is 0 Å². The molecule has 1 aromatic rings.